The lowest BCUT2D eigenvalue weighted by Crippen LogP contribution is -0.290. The van der Waals surface area contributed by atoms with Crippen LogP contribution in [0.2, 0.25) is 0 Å². The Balaban J connectivity index is 0. The average molecular weight is 132 g/mol. The zero-order valence-corrected chi connectivity index (χ0v) is 3.22. The van der Waals surface area contributed by atoms with Crippen molar-refractivity contribution in [3.63, 3.8) is 0 Å². The molecular formula is H11F3O4. The molecule has 7 heavy (non-hydrogen) atoms. The molecule has 0 aliphatic rings. The van der Waals surface area contributed by atoms with Crippen LogP contribution in [0.5, 0.6) is 0 Å². The van der Waals surface area contributed by atoms with Gasteiger partial charge in [-0.05, 0) is 0 Å². The van der Waals surface area contributed by atoms with Crippen molar-refractivity contribution in [1.82, 2.24) is 0 Å². The molecule has 8 N–H and O–H groups in total. The third kappa shape index (κ3) is 542. The van der Waals surface area contributed by atoms with Crippen LogP contribution in [0, 0.1) is 0 Å². The smallest absolute Gasteiger partial charge is 0.269 e. The predicted molar refractivity (Wildman–Crippen MR) is 22.0 cm³/mol. The summed E-state index contributed by atoms with van der Waals surface area (Å²) in [7, 11) is 0. The lowest BCUT2D eigenvalue weighted by molar-refractivity contribution is 0.823. The topological polar surface area (TPSA) is 126 Å². The minimum Gasteiger partial charge on any atom is -0.412 e. The SMILES string of the molecule is F.F.F.O.O.O.O. The second kappa shape index (κ2) is 882. The molecule has 0 radical (unpaired) electrons. The maximum absolute atomic E-state index is 0. The summed E-state index contributed by atoms with van der Waals surface area (Å²) in [5.41, 5.74) is 0. The van der Waals surface area contributed by atoms with Crippen molar-refractivity contribution < 1.29 is 36.0 Å². The summed E-state index contributed by atoms with van der Waals surface area (Å²) in [6.07, 6.45) is 0. The Bertz CT molecular complexity index is 6.90. The molecule has 0 saturated carbocycles. The number of hydrogen-bond donors (Lipinski definition) is 0. The molecule has 0 amide bonds. The lowest BCUT2D eigenvalue weighted by Gasteiger charge is -0.413. The summed E-state index contributed by atoms with van der Waals surface area (Å²) >= 11 is 0. The van der Waals surface area contributed by atoms with Gasteiger partial charge in [0.1, 0.15) is 0 Å². The van der Waals surface area contributed by atoms with Gasteiger partial charge in [-0.2, -0.15) is 0 Å². The first kappa shape index (κ1) is 1540. The third-order valence-corrected chi connectivity index (χ3v) is 0. The molecule has 0 saturated heterocycles. The highest BCUT2D eigenvalue weighted by Crippen LogP contribution is 0.422. The van der Waals surface area contributed by atoms with Gasteiger partial charge in [0, 0.05) is 0 Å². The van der Waals surface area contributed by atoms with Crippen molar-refractivity contribution in [2.75, 3.05) is 0 Å². The molecule has 56 valence electrons. The Hall–Kier alpha value is -0.370. The monoisotopic (exact) mass is 132 g/mol. The van der Waals surface area contributed by atoms with Crippen LogP contribution in [0.15, 0.2) is 0 Å². The van der Waals surface area contributed by atoms with Gasteiger partial charge in [-0.15, -0.1) is 0 Å². The van der Waals surface area contributed by atoms with Crippen LogP contribution in [-0.4, -0.2) is 21.9 Å². The summed E-state index contributed by atoms with van der Waals surface area (Å²) in [6.45, 7) is 0. The van der Waals surface area contributed by atoms with E-state index >= 15 is 0 Å². The Morgan fingerprint density at radius 1 is 0.286 bits per heavy atom. The first-order valence-electron chi connectivity index (χ1n) is 0. The van der Waals surface area contributed by atoms with Crippen molar-refractivity contribution in [3.8, 4) is 0 Å². The fourth-order valence-corrected chi connectivity index (χ4v) is 0. The lowest BCUT2D eigenvalue weighted by atomic mass is 16.0. The van der Waals surface area contributed by atoms with E-state index < -0.39 is 0 Å². The Morgan fingerprint density at radius 3 is 0.286 bits per heavy atom. The second-order valence-corrected chi connectivity index (χ2v) is 0. The minimum absolute atomic E-state index is 0. The van der Waals surface area contributed by atoms with Gasteiger partial charge in [0.05, 0.1) is 0 Å². The number of hydrogen-bond acceptors (Lipinski definition) is 0. The van der Waals surface area contributed by atoms with Gasteiger partial charge in [-0.1, -0.05) is 0 Å². The zero-order valence-electron chi connectivity index (χ0n) is 3.22. The van der Waals surface area contributed by atoms with Crippen molar-refractivity contribution in [1.29, 1.82) is 0 Å². The molecular weight excluding hydrogens is 121 g/mol. The van der Waals surface area contributed by atoms with E-state index in [1.807, 2.05) is 0 Å². The van der Waals surface area contributed by atoms with Crippen molar-refractivity contribution in [2.45, 2.75) is 0 Å². The molecule has 4 nitrogen and oxygen atoms in total. The molecule has 0 aromatic heterocycles. The predicted octanol–water partition coefficient (Wildman–Crippen LogP) is -2.84. The van der Waals surface area contributed by atoms with Crippen LogP contribution in [-0.2, 0) is 0 Å². The van der Waals surface area contributed by atoms with Crippen LogP contribution in [0.4, 0.5) is 14.1 Å². The van der Waals surface area contributed by atoms with Gasteiger partial charge in [-0.3, -0.25) is 14.1 Å². The summed E-state index contributed by atoms with van der Waals surface area (Å²) < 4.78 is 0. The van der Waals surface area contributed by atoms with E-state index in [4.69, 9.17) is 0 Å². The molecule has 7 heteroatoms. The van der Waals surface area contributed by atoms with Crippen LogP contribution in [0.1, 0.15) is 0 Å². The van der Waals surface area contributed by atoms with E-state index in [1.54, 1.807) is 0 Å². The van der Waals surface area contributed by atoms with E-state index in [0.29, 0.717) is 0 Å². The molecule has 0 bridgehead atoms. The van der Waals surface area contributed by atoms with Crippen molar-refractivity contribution >= 4 is 0 Å². The van der Waals surface area contributed by atoms with Gasteiger partial charge in [0.15, 0.2) is 0 Å². The summed E-state index contributed by atoms with van der Waals surface area (Å²) in [5, 5.41) is 0. The molecule has 0 heterocycles. The molecule has 0 aromatic carbocycles. The summed E-state index contributed by atoms with van der Waals surface area (Å²) in [5.74, 6) is 0. The first-order valence-corrected chi connectivity index (χ1v) is 0. The van der Waals surface area contributed by atoms with Gasteiger partial charge in [-0.25, -0.2) is 0 Å². The molecule has 0 aliphatic heterocycles. The van der Waals surface area contributed by atoms with Crippen LogP contribution in [0.3, 0.4) is 0 Å². The maximum atomic E-state index is 0. The quantitative estimate of drug-likeness (QED) is 0.336. The molecule has 0 spiro atoms. The van der Waals surface area contributed by atoms with E-state index in [9.17, 15) is 0 Å². The second-order valence-electron chi connectivity index (χ2n) is 0. The molecule has 0 atom stereocenters. The van der Waals surface area contributed by atoms with Crippen LogP contribution in [0.25, 0.3) is 0 Å². The van der Waals surface area contributed by atoms with E-state index in [-0.39, 0.29) is 36.0 Å². The fourth-order valence-electron chi connectivity index (χ4n) is 0. The van der Waals surface area contributed by atoms with Gasteiger partial charge < -0.3 is 21.9 Å². The Morgan fingerprint density at radius 2 is 0.286 bits per heavy atom. The highest BCUT2D eigenvalue weighted by Gasteiger charge is -0.267. The summed E-state index contributed by atoms with van der Waals surface area (Å²) in [4.78, 5) is 0. The van der Waals surface area contributed by atoms with E-state index in [1.165, 1.54) is 0 Å². The highest BCUT2D eigenvalue weighted by atomic mass is 19.0. The Kier molecular flexibility index (Phi) is 193000. The van der Waals surface area contributed by atoms with Gasteiger partial charge >= 0.3 is 0 Å². The zero-order chi connectivity index (χ0) is 0. The summed E-state index contributed by atoms with van der Waals surface area (Å²) in [6, 6.07) is 0. The molecule has 0 unspecified atom stereocenters. The Labute approximate surface area is 37.5 Å². The number of rotatable bonds is 0. The largest absolute Gasteiger partial charge is 0.412 e. The highest BCUT2D eigenvalue weighted by molar-refractivity contribution is 1.11. The van der Waals surface area contributed by atoms with Gasteiger partial charge in [0.2, 0.25) is 0 Å². The van der Waals surface area contributed by atoms with E-state index in [2.05, 4.69) is 0 Å². The fraction of sp³-hybridized carbons (Fsp3) is 0. The molecule has 0 aromatic rings. The van der Waals surface area contributed by atoms with E-state index in [0.717, 1.165) is 0 Å². The molecule has 0 aliphatic carbocycles. The number of halogens is 3. The van der Waals surface area contributed by atoms with Crippen LogP contribution < -0.4 is 0 Å². The molecule has 0 fully saturated rings. The average Bonchev–Trinajstić information content (AvgIpc) is 0. The minimum atomic E-state index is 0. The van der Waals surface area contributed by atoms with Crippen molar-refractivity contribution in [3.05, 3.63) is 0 Å². The third-order valence-electron chi connectivity index (χ3n) is 0. The normalized spacial score (nSPS) is 0. The van der Waals surface area contributed by atoms with Gasteiger partial charge in [0.25, 0.3) is 0 Å². The van der Waals surface area contributed by atoms with Crippen molar-refractivity contribution in [2.24, 2.45) is 0 Å². The van der Waals surface area contributed by atoms with Crippen LogP contribution >= 0.6 is 0 Å². The maximum Gasteiger partial charge on any atom is -0.269 e. The first-order chi connectivity index (χ1) is 0. The molecule has 0 rings (SSSR count). The standard InChI is InChI=1S/3FH.4H2O/h3*1H;4*1H2.